The zero-order valence-corrected chi connectivity index (χ0v) is 14.9. The molecule has 0 amide bonds. The van der Waals surface area contributed by atoms with Crippen molar-refractivity contribution < 1.29 is 4.74 Å². The lowest BCUT2D eigenvalue weighted by Crippen LogP contribution is -2.03. The smallest absolute Gasteiger partial charge is 0.249 e. The van der Waals surface area contributed by atoms with E-state index in [1.54, 1.807) is 19.4 Å². The van der Waals surface area contributed by atoms with Crippen molar-refractivity contribution in [3.8, 4) is 5.75 Å². The van der Waals surface area contributed by atoms with Crippen LogP contribution in [0.2, 0.25) is 5.02 Å². The molecule has 6 nitrogen and oxygen atoms in total. The van der Waals surface area contributed by atoms with Gasteiger partial charge in [0.2, 0.25) is 5.95 Å². The average Bonchev–Trinajstić information content (AvgIpc) is 2.60. The zero-order chi connectivity index (χ0) is 17.8. The van der Waals surface area contributed by atoms with Crippen LogP contribution in [0.3, 0.4) is 0 Å². The molecule has 0 aliphatic rings. The summed E-state index contributed by atoms with van der Waals surface area (Å²) in [5.74, 6) is 1.55. The number of methoxy groups -OCH3 is 1. The molecule has 0 atom stereocenters. The first kappa shape index (κ1) is 17.0. The van der Waals surface area contributed by atoms with Crippen molar-refractivity contribution in [2.75, 3.05) is 17.7 Å². The van der Waals surface area contributed by atoms with Crippen LogP contribution in [0.4, 0.5) is 23.1 Å². The highest BCUT2D eigenvalue weighted by atomic mass is 35.5. The van der Waals surface area contributed by atoms with Gasteiger partial charge in [0.1, 0.15) is 5.75 Å². The van der Waals surface area contributed by atoms with E-state index in [0.29, 0.717) is 22.5 Å². The van der Waals surface area contributed by atoms with Crippen LogP contribution in [0, 0.1) is 13.8 Å². The summed E-state index contributed by atoms with van der Waals surface area (Å²) in [5.41, 5.74) is 3.77. The highest BCUT2D eigenvalue weighted by Gasteiger charge is 2.09. The van der Waals surface area contributed by atoms with Gasteiger partial charge in [-0.05, 0) is 37.6 Å². The Kier molecular flexibility index (Phi) is 5.00. The first-order valence-electron chi connectivity index (χ1n) is 7.70. The van der Waals surface area contributed by atoms with Gasteiger partial charge >= 0.3 is 0 Å². The van der Waals surface area contributed by atoms with E-state index >= 15 is 0 Å². The Morgan fingerprint density at radius 3 is 2.52 bits per heavy atom. The fraction of sp³-hybridized carbons (Fsp3) is 0.167. The van der Waals surface area contributed by atoms with Gasteiger partial charge < -0.3 is 15.4 Å². The first-order valence-corrected chi connectivity index (χ1v) is 8.07. The molecular formula is C18H18ClN5O. The van der Waals surface area contributed by atoms with Crippen molar-refractivity contribution in [1.29, 1.82) is 0 Å². The lowest BCUT2D eigenvalue weighted by molar-refractivity contribution is 0.416. The maximum absolute atomic E-state index is 6.13. The molecule has 0 unspecified atom stereocenters. The maximum Gasteiger partial charge on any atom is 0.249 e. The van der Waals surface area contributed by atoms with Crippen LogP contribution >= 0.6 is 11.6 Å². The van der Waals surface area contributed by atoms with Crippen LogP contribution in [0.1, 0.15) is 11.1 Å². The van der Waals surface area contributed by atoms with Gasteiger partial charge in [0.15, 0.2) is 5.82 Å². The van der Waals surface area contributed by atoms with E-state index in [-0.39, 0.29) is 0 Å². The van der Waals surface area contributed by atoms with E-state index in [0.717, 1.165) is 16.9 Å². The maximum atomic E-state index is 6.13. The normalized spacial score (nSPS) is 10.4. The minimum atomic E-state index is 0.358. The van der Waals surface area contributed by atoms with Crippen LogP contribution in [0.15, 0.2) is 42.6 Å². The Morgan fingerprint density at radius 2 is 1.80 bits per heavy atom. The minimum absolute atomic E-state index is 0.358. The van der Waals surface area contributed by atoms with Gasteiger partial charge in [-0.15, -0.1) is 5.10 Å². The number of anilines is 4. The summed E-state index contributed by atoms with van der Waals surface area (Å²) in [5, 5.41) is 15.0. The first-order chi connectivity index (χ1) is 12.0. The molecular weight excluding hydrogens is 338 g/mol. The van der Waals surface area contributed by atoms with E-state index in [9.17, 15) is 0 Å². The largest absolute Gasteiger partial charge is 0.495 e. The number of aryl methyl sites for hydroxylation is 2. The van der Waals surface area contributed by atoms with E-state index < -0.39 is 0 Å². The molecule has 0 saturated heterocycles. The fourth-order valence-corrected chi connectivity index (χ4v) is 2.41. The number of hydrogen-bond acceptors (Lipinski definition) is 6. The molecule has 25 heavy (non-hydrogen) atoms. The molecule has 3 aromatic rings. The number of ether oxygens (including phenoxy) is 1. The molecule has 0 fully saturated rings. The van der Waals surface area contributed by atoms with Gasteiger partial charge in [0.05, 0.1) is 19.0 Å². The predicted octanol–water partition coefficient (Wildman–Crippen LogP) is 4.64. The van der Waals surface area contributed by atoms with E-state index in [2.05, 4.69) is 25.8 Å². The number of rotatable bonds is 5. The van der Waals surface area contributed by atoms with E-state index in [1.807, 2.05) is 44.2 Å². The number of halogens is 1. The molecule has 1 aromatic heterocycles. The Morgan fingerprint density at radius 1 is 1.04 bits per heavy atom. The van der Waals surface area contributed by atoms with Crippen LogP contribution in [-0.2, 0) is 0 Å². The highest BCUT2D eigenvalue weighted by molar-refractivity contribution is 6.31. The SMILES string of the molecule is COc1cc(Cl)c(C)cc1Nc1nncc(Nc2ccc(C)cc2)n1. The average molecular weight is 356 g/mol. The van der Waals surface area contributed by atoms with Crippen molar-refractivity contribution in [2.45, 2.75) is 13.8 Å². The second-order valence-electron chi connectivity index (χ2n) is 5.58. The van der Waals surface area contributed by atoms with Gasteiger partial charge in [-0.3, -0.25) is 0 Å². The third-order valence-electron chi connectivity index (χ3n) is 3.61. The number of nitrogens with zero attached hydrogens (tertiary/aromatic N) is 3. The summed E-state index contributed by atoms with van der Waals surface area (Å²) in [6, 6.07) is 11.6. The van der Waals surface area contributed by atoms with Gasteiger partial charge in [-0.2, -0.15) is 10.1 Å². The summed E-state index contributed by atoms with van der Waals surface area (Å²) >= 11 is 6.13. The number of nitrogens with one attached hydrogen (secondary N) is 2. The van der Waals surface area contributed by atoms with Crippen LogP contribution in [0.25, 0.3) is 0 Å². The summed E-state index contributed by atoms with van der Waals surface area (Å²) in [7, 11) is 1.58. The molecule has 0 aliphatic heterocycles. The Hall–Kier alpha value is -2.86. The molecule has 7 heteroatoms. The number of benzene rings is 2. The highest BCUT2D eigenvalue weighted by Crippen LogP contribution is 2.32. The van der Waals surface area contributed by atoms with Crippen LogP contribution < -0.4 is 15.4 Å². The molecule has 3 rings (SSSR count). The molecule has 0 radical (unpaired) electrons. The quantitative estimate of drug-likeness (QED) is 0.694. The van der Waals surface area contributed by atoms with Crippen molar-refractivity contribution in [1.82, 2.24) is 15.2 Å². The van der Waals surface area contributed by atoms with E-state index in [4.69, 9.17) is 16.3 Å². The molecule has 0 aliphatic carbocycles. The molecule has 1 heterocycles. The number of aromatic nitrogens is 3. The third kappa shape index (κ3) is 4.16. The summed E-state index contributed by atoms with van der Waals surface area (Å²) in [4.78, 5) is 4.43. The zero-order valence-electron chi connectivity index (χ0n) is 14.2. The van der Waals surface area contributed by atoms with Gasteiger partial charge in [0, 0.05) is 16.8 Å². The Balaban J connectivity index is 1.82. The third-order valence-corrected chi connectivity index (χ3v) is 4.02. The molecule has 0 spiro atoms. The van der Waals surface area contributed by atoms with Crippen molar-refractivity contribution in [2.24, 2.45) is 0 Å². The molecule has 0 bridgehead atoms. The van der Waals surface area contributed by atoms with Crippen molar-refractivity contribution in [3.05, 3.63) is 58.7 Å². The lowest BCUT2D eigenvalue weighted by atomic mass is 10.2. The standard InChI is InChI=1S/C18H18ClN5O/c1-11-4-6-13(7-5-11)21-17-10-20-24-18(23-17)22-15-8-12(2)14(19)9-16(15)25-3/h4-10H,1-3H3,(H2,21,22,23,24). The second kappa shape index (κ2) is 7.36. The van der Waals surface area contributed by atoms with E-state index in [1.165, 1.54) is 5.56 Å². The van der Waals surface area contributed by atoms with Gasteiger partial charge in [0.25, 0.3) is 0 Å². The second-order valence-corrected chi connectivity index (χ2v) is 5.99. The van der Waals surface area contributed by atoms with Crippen LogP contribution in [-0.4, -0.2) is 22.3 Å². The molecule has 0 saturated carbocycles. The molecule has 2 aromatic carbocycles. The summed E-state index contributed by atoms with van der Waals surface area (Å²) < 4.78 is 5.35. The topological polar surface area (TPSA) is 72.0 Å². The Labute approximate surface area is 151 Å². The molecule has 128 valence electrons. The van der Waals surface area contributed by atoms with Gasteiger partial charge in [-0.25, -0.2) is 0 Å². The minimum Gasteiger partial charge on any atom is -0.495 e. The number of hydrogen-bond donors (Lipinski definition) is 2. The monoisotopic (exact) mass is 355 g/mol. The van der Waals surface area contributed by atoms with Crippen LogP contribution in [0.5, 0.6) is 5.75 Å². The lowest BCUT2D eigenvalue weighted by Gasteiger charge is -2.12. The van der Waals surface area contributed by atoms with Crippen molar-refractivity contribution in [3.63, 3.8) is 0 Å². The predicted molar refractivity (Wildman–Crippen MR) is 100 cm³/mol. The Bertz CT molecular complexity index is 883. The molecule has 2 N–H and O–H groups in total. The summed E-state index contributed by atoms with van der Waals surface area (Å²) in [6.45, 7) is 3.96. The summed E-state index contributed by atoms with van der Waals surface area (Å²) in [6.07, 6.45) is 1.56. The van der Waals surface area contributed by atoms with Gasteiger partial charge in [-0.1, -0.05) is 29.3 Å². The van der Waals surface area contributed by atoms with Crippen molar-refractivity contribution >= 4 is 34.7 Å². The fourth-order valence-electron chi connectivity index (χ4n) is 2.25.